The lowest BCUT2D eigenvalue weighted by molar-refractivity contribution is -0.131. The molecule has 5 nitrogen and oxygen atoms in total. The Hall–Kier alpha value is -2.21. The maximum absolute atomic E-state index is 11.2. The van der Waals surface area contributed by atoms with Crippen LogP contribution < -0.4 is 4.74 Å². The van der Waals surface area contributed by atoms with Gasteiger partial charge in [-0.1, -0.05) is 28.1 Å². The normalized spacial score (nSPS) is 12.3. The van der Waals surface area contributed by atoms with Gasteiger partial charge in [0, 0.05) is 17.3 Å². The summed E-state index contributed by atoms with van der Waals surface area (Å²) in [6.07, 6.45) is 0. The van der Waals surface area contributed by atoms with E-state index in [-0.39, 0.29) is 10.8 Å². The van der Waals surface area contributed by atoms with Gasteiger partial charge in [0.2, 0.25) is 0 Å². The molecule has 0 saturated heterocycles. The van der Waals surface area contributed by atoms with Crippen molar-refractivity contribution in [3.8, 4) is 11.4 Å². The molecule has 1 atom stereocenters. The van der Waals surface area contributed by atoms with Gasteiger partial charge in [-0.3, -0.25) is 4.79 Å². The summed E-state index contributed by atoms with van der Waals surface area (Å²) >= 11 is 3.52. The second-order valence-corrected chi connectivity index (χ2v) is 6.28. The van der Waals surface area contributed by atoms with E-state index >= 15 is 0 Å². The minimum atomic E-state index is -0.342. The molecule has 6 heteroatoms. The number of hydrogen-bond donors (Lipinski definition) is 0. The van der Waals surface area contributed by atoms with Gasteiger partial charge in [0.05, 0.1) is 5.69 Å². The highest BCUT2D eigenvalue weighted by atomic mass is 79.9. The van der Waals surface area contributed by atoms with Crippen LogP contribution in [0.4, 0.5) is 0 Å². The Morgan fingerprint density at radius 2 is 1.82 bits per heavy atom. The number of esters is 1. The Morgan fingerprint density at radius 1 is 1.18 bits per heavy atom. The van der Waals surface area contributed by atoms with Crippen molar-refractivity contribution in [2.45, 2.75) is 18.7 Å². The molecule has 0 saturated carbocycles. The number of fused-ring (bicyclic) bond motifs is 1. The molecule has 3 rings (SSSR count). The molecular weight excluding hydrogens is 346 g/mol. The van der Waals surface area contributed by atoms with E-state index in [1.165, 1.54) is 6.92 Å². The van der Waals surface area contributed by atoms with Crippen molar-refractivity contribution in [2.75, 3.05) is 0 Å². The summed E-state index contributed by atoms with van der Waals surface area (Å²) in [5.41, 5.74) is 3.35. The molecule has 0 aliphatic carbocycles. The lowest BCUT2D eigenvalue weighted by Gasteiger charge is -2.12. The lowest BCUT2D eigenvalue weighted by atomic mass is 10.1. The first kappa shape index (κ1) is 14.7. The first-order valence-electron chi connectivity index (χ1n) is 6.83. The van der Waals surface area contributed by atoms with Crippen molar-refractivity contribution in [3.05, 3.63) is 48.0 Å². The number of carbonyl (C=O) groups excluding carboxylic acids is 1. The van der Waals surface area contributed by atoms with E-state index in [1.54, 1.807) is 10.9 Å². The smallest absolute Gasteiger partial charge is 0.308 e. The van der Waals surface area contributed by atoms with Crippen molar-refractivity contribution in [2.24, 2.45) is 0 Å². The third-order valence-electron chi connectivity index (χ3n) is 3.19. The van der Waals surface area contributed by atoms with Crippen molar-refractivity contribution in [1.82, 2.24) is 15.0 Å². The molecule has 0 bridgehead atoms. The molecule has 0 radical (unpaired) electrons. The highest BCUT2D eigenvalue weighted by Crippen LogP contribution is 2.32. The van der Waals surface area contributed by atoms with Crippen LogP contribution in [0.25, 0.3) is 16.7 Å². The Labute approximate surface area is 136 Å². The quantitative estimate of drug-likeness (QED) is 0.405. The highest BCUT2D eigenvalue weighted by Gasteiger charge is 2.14. The first-order chi connectivity index (χ1) is 10.5. The van der Waals surface area contributed by atoms with E-state index in [1.807, 2.05) is 43.3 Å². The number of nitrogens with zero attached hydrogens (tertiary/aromatic N) is 3. The molecule has 0 amide bonds. The van der Waals surface area contributed by atoms with Gasteiger partial charge in [0.25, 0.3) is 0 Å². The second kappa shape index (κ2) is 5.88. The summed E-state index contributed by atoms with van der Waals surface area (Å²) in [5.74, 6) is 0.197. The molecule has 0 aliphatic rings. The van der Waals surface area contributed by atoms with Gasteiger partial charge in [0.1, 0.15) is 16.8 Å². The molecule has 2 aromatic carbocycles. The lowest BCUT2D eigenvalue weighted by Crippen LogP contribution is -2.06. The zero-order valence-electron chi connectivity index (χ0n) is 12.2. The topological polar surface area (TPSA) is 57.0 Å². The number of ether oxygens (including phenoxy) is 1. The van der Waals surface area contributed by atoms with Gasteiger partial charge in [-0.05, 0) is 37.3 Å². The third kappa shape index (κ3) is 2.87. The van der Waals surface area contributed by atoms with Crippen LogP contribution in [0.2, 0.25) is 0 Å². The van der Waals surface area contributed by atoms with Gasteiger partial charge >= 0.3 is 5.97 Å². The van der Waals surface area contributed by atoms with Crippen LogP contribution in [0.1, 0.15) is 24.2 Å². The van der Waals surface area contributed by atoms with Gasteiger partial charge in [0.15, 0.2) is 0 Å². The van der Waals surface area contributed by atoms with E-state index in [4.69, 9.17) is 4.74 Å². The number of benzene rings is 2. The molecule has 22 heavy (non-hydrogen) atoms. The van der Waals surface area contributed by atoms with Crippen molar-refractivity contribution < 1.29 is 9.53 Å². The van der Waals surface area contributed by atoms with Crippen molar-refractivity contribution in [1.29, 1.82) is 0 Å². The number of aromatic nitrogens is 3. The predicted octanol–water partition coefficient (Wildman–Crippen LogP) is 3.80. The Balaban J connectivity index is 2.07. The molecule has 0 aliphatic heterocycles. The fourth-order valence-electron chi connectivity index (χ4n) is 2.19. The molecule has 0 N–H and O–H groups in total. The number of hydrogen-bond acceptors (Lipinski definition) is 4. The number of rotatable bonds is 3. The number of alkyl halides is 1. The van der Waals surface area contributed by atoms with Crippen LogP contribution in [0.5, 0.6) is 5.75 Å². The summed E-state index contributed by atoms with van der Waals surface area (Å²) in [6.45, 7) is 3.36. The fourth-order valence-corrected chi connectivity index (χ4v) is 2.55. The summed E-state index contributed by atoms with van der Waals surface area (Å²) in [4.78, 5) is 12.8. The maximum atomic E-state index is 11.2. The zero-order valence-corrected chi connectivity index (χ0v) is 13.7. The molecule has 1 unspecified atom stereocenters. The van der Waals surface area contributed by atoms with Crippen molar-refractivity contribution >= 4 is 32.9 Å². The van der Waals surface area contributed by atoms with E-state index in [0.717, 1.165) is 22.3 Å². The summed E-state index contributed by atoms with van der Waals surface area (Å²) in [7, 11) is 0. The Kier molecular flexibility index (Phi) is 3.94. The fraction of sp³-hybridized carbons (Fsp3) is 0.188. The standard InChI is InChI=1S/C16H14BrN3O2/c1-10(17)13-9-12(7-8-16(13)22-11(2)21)20-18-14-5-3-4-6-15(14)19-20/h3-10H,1-2H3. The minimum Gasteiger partial charge on any atom is -0.426 e. The zero-order chi connectivity index (χ0) is 15.7. The first-order valence-corrected chi connectivity index (χ1v) is 7.75. The highest BCUT2D eigenvalue weighted by molar-refractivity contribution is 9.09. The van der Waals surface area contributed by atoms with E-state index in [2.05, 4.69) is 26.1 Å². The number of halogens is 1. The van der Waals surface area contributed by atoms with Crippen LogP contribution in [0.3, 0.4) is 0 Å². The SMILES string of the molecule is CC(=O)Oc1ccc(-n2nc3ccccc3n2)cc1C(C)Br. The molecule has 3 aromatic rings. The predicted molar refractivity (Wildman–Crippen MR) is 87.5 cm³/mol. The van der Waals surface area contributed by atoms with E-state index < -0.39 is 0 Å². The maximum Gasteiger partial charge on any atom is 0.308 e. The summed E-state index contributed by atoms with van der Waals surface area (Å²) < 4.78 is 5.24. The largest absolute Gasteiger partial charge is 0.426 e. The average molecular weight is 360 g/mol. The van der Waals surface area contributed by atoms with Crippen LogP contribution in [-0.2, 0) is 4.79 Å². The molecule has 112 valence electrons. The van der Waals surface area contributed by atoms with Gasteiger partial charge < -0.3 is 4.74 Å². The second-order valence-electron chi connectivity index (χ2n) is 4.91. The van der Waals surface area contributed by atoms with Crippen LogP contribution in [0.15, 0.2) is 42.5 Å². The molecule has 1 aromatic heterocycles. The average Bonchev–Trinajstić information content (AvgIpc) is 2.90. The number of carbonyl (C=O) groups is 1. The third-order valence-corrected chi connectivity index (χ3v) is 3.69. The molecule has 0 spiro atoms. The molecule has 0 fully saturated rings. The minimum absolute atomic E-state index is 0.0341. The van der Waals surface area contributed by atoms with E-state index in [0.29, 0.717) is 5.75 Å². The van der Waals surface area contributed by atoms with Gasteiger partial charge in [-0.15, -0.1) is 10.2 Å². The van der Waals surface area contributed by atoms with Gasteiger partial charge in [-0.25, -0.2) is 0 Å². The Bertz CT molecular complexity index is 809. The van der Waals surface area contributed by atoms with Gasteiger partial charge in [-0.2, -0.15) is 4.80 Å². The van der Waals surface area contributed by atoms with Crippen LogP contribution >= 0.6 is 15.9 Å². The summed E-state index contributed by atoms with van der Waals surface area (Å²) in [6, 6.07) is 13.2. The molecular formula is C16H14BrN3O2. The van der Waals surface area contributed by atoms with E-state index in [9.17, 15) is 4.79 Å². The Morgan fingerprint density at radius 3 is 2.36 bits per heavy atom. The van der Waals surface area contributed by atoms with Crippen LogP contribution in [-0.4, -0.2) is 21.0 Å². The van der Waals surface area contributed by atoms with Crippen molar-refractivity contribution in [3.63, 3.8) is 0 Å². The monoisotopic (exact) mass is 359 g/mol. The molecule has 1 heterocycles. The summed E-state index contributed by atoms with van der Waals surface area (Å²) in [5, 5.41) is 8.91. The van der Waals surface area contributed by atoms with Crippen LogP contribution in [0, 0.1) is 0 Å².